The summed E-state index contributed by atoms with van der Waals surface area (Å²) in [6.07, 6.45) is 0.686. The van der Waals surface area contributed by atoms with E-state index in [1.54, 1.807) is 0 Å². The molecule has 0 aromatic heterocycles. The molecule has 80 valence electrons. The summed E-state index contributed by atoms with van der Waals surface area (Å²) in [5.74, 6) is 0.565. The minimum Gasteiger partial charge on any atom is -0.251 e. The Balaban J connectivity index is 3.82. The highest BCUT2D eigenvalue weighted by atomic mass is 33.1. The van der Waals surface area contributed by atoms with Crippen molar-refractivity contribution < 1.29 is 4.39 Å². The van der Waals surface area contributed by atoms with Crippen LogP contribution in [0.15, 0.2) is 0 Å². The van der Waals surface area contributed by atoms with Gasteiger partial charge in [0.25, 0.3) is 0 Å². The Morgan fingerprint density at radius 1 is 1.23 bits per heavy atom. The molecule has 0 spiro atoms. The number of hydrogen-bond acceptors (Lipinski definition) is 2. The normalized spacial score (nSPS) is 15.0. The van der Waals surface area contributed by atoms with Crippen molar-refractivity contribution in [1.82, 2.24) is 0 Å². The van der Waals surface area contributed by atoms with Crippen LogP contribution in [-0.4, -0.2) is 16.7 Å². The third-order valence-corrected chi connectivity index (χ3v) is 5.71. The van der Waals surface area contributed by atoms with Gasteiger partial charge >= 0.3 is 0 Å². The molecule has 3 heteroatoms. The lowest BCUT2D eigenvalue weighted by molar-refractivity contribution is 0.438. The molecule has 0 aromatic rings. The fraction of sp³-hybridized carbons (Fsp3) is 1.00. The highest BCUT2D eigenvalue weighted by Crippen LogP contribution is 2.41. The molecule has 0 heterocycles. The lowest BCUT2D eigenvalue weighted by atomic mass is 10.1. The van der Waals surface area contributed by atoms with Crippen molar-refractivity contribution >= 4 is 21.6 Å². The maximum Gasteiger partial charge on any atom is 0.0905 e. The largest absolute Gasteiger partial charge is 0.251 e. The first-order valence-corrected chi connectivity index (χ1v) is 6.98. The molecule has 0 nitrogen and oxygen atoms in total. The van der Waals surface area contributed by atoms with Crippen LogP contribution in [0.25, 0.3) is 0 Å². The van der Waals surface area contributed by atoms with Crippen LogP contribution in [0.1, 0.15) is 41.0 Å². The van der Waals surface area contributed by atoms with E-state index in [1.807, 2.05) is 21.6 Å². The number of rotatable bonds is 5. The topological polar surface area (TPSA) is 0 Å². The predicted molar refractivity (Wildman–Crippen MR) is 64.2 cm³/mol. The van der Waals surface area contributed by atoms with Crippen molar-refractivity contribution in [2.75, 3.05) is 6.67 Å². The van der Waals surface area contributed by atoms with Crippen molar-refractivity contribution in [3.05, 3.63) is 0 Å². The summed E-state index contributed by atoms with van der Waals surface area (Å²) < 4.78 is 12.5. The van der Waals surface area contributed by atoms with Crippen molar-refractivity contribution in [3.8, 4) is 0 Å². The van der Waals surface area contributed by atoms with Gasteiger partial charge in [-0.15, -0.1) is 0 Å². The first-order valence-electron chi connectivity index (χ1n) is 4.77. The molecule has 1 atom stereocenters. The highest BCUT2D eigenvalue weighted by molar-refractivity contribution is 8.77. The van der Waals surface area contributed by atoms with E-state index in [0.717, 1.165) is 0 Å². The van der Waals surface area contributed by atoms with Crippen molar-refractivity contribution in [2.45, 2.75) is 51.0 Å². The summed E-state index contributed by atoms with van der Waals surface area (Å²) in [6.45, 7) is 10.7. The zero-order valence-electron chi connectivity index (χ0n) is 9.26. The van der Waals surface area contributed by atoms with Gasteiger partial charge in [-0.2, -0.15) is 0 Å². The Bertz CT molecular complexity index is 129. The van der Waals surface area contributed by atoms with Gasteiger partial charge in [0.15, 0.2) is 0 Å². The van der Waals surface area contributed by atoms with E-state index < -0.39 is 0 Å². The average molecular weight is 224 g/mol. The minimum absolute atomic E-state index is 0.194. The van der Waals surface area contributed by atoms with E-state index in [1.165, 1.54) is 0 Å². The van der Waals surface area contributed by atoms with E-state index in [0.29, 0.717) is 17.6 Å². The smallest absolute Gasteiger partial charge is 0.0905 e. The Hall–Kier alpha value is 0.630. The fourth-order valence-electron chi connectivity index (χ4n) is 0.806. The first-order chi connectivity index (χ1) is 5.87. The summed E-state index contributed by atoms with van der Waals surface area (Å²) in [4.78, 5) is 0. The Morgan fingerprint density at radius 2 is 1.77 bits per heavy atom. The molecule has 0 aliphatic heterocycles. The molecule has 0 amide bonds. The highest BCUT2D eigenvalue weighted by Gasteiger charge is 2.18. The van der Waals surface area contributed by atoms with Crippen LogP contribution in [-0.2, 0) is 0 Å². The molecular formula is C10H21FS2. The van der Waals surface area contributed by atoms with E-state index in [9.17, 15) is 4.39 Å². The third kappa shape index (κ3) is 7.68. The van der Waals surface area contributed by atoms with Crippen LogP contribution in [0.5, 0.6) is 0 Å². The Morgan fingerprint density at radius 3 is 2.08 bits per heavy atom. The average Bonchev–Trinajstić information content (AvgIpc) is 1.95. The van der Waals surface area contributed by atoms with Crippen LogP contribution in [0.2, 0.25) is 0 Å². The lowest BCUT2D eigenvalue weighted by Crippen LogP contribution is -2.13. The first kappa shape index (κ1) is 13.6. The van der Waals surface area contributed by atoms with E-state index >= 15 is 0 Å². The summed E-state index contributed by atoms with van der Waals surface area (Å²) >= 11 is 0. The van der Waals surface area contributed by atoms with Crippen molar-refractivity contribution in [1.29, 1.82) is 0 Å². The molecular weight excluding hydrogens is 203 g/mol. The fourth-order valence-corrected chi connectivity index (χ4v) is 3.82. The standard InChI is InChI=1S/C10H21FS2/c1-8(2)9(6-7-11)12-13-10(3,4)5/h8-9H,6-7H2,1-5H3/t9-/m0/s1. The van der Waals surface area contributed by atoms with Gasteiger partial charge in [-0.1, -0.05) is 56.2 Å². The molecule has 0 rings (SSSR count). The number of halogens is 1. The summed E-state index contributed by atoms with van der Waals surface area (Å²) in [7, 11) is 3.70. The van der Waals surface area contributed by atoms with Gasteiger partial charge in [-0.25, -0.2) is 0 Å². The molecule has 0 bridgehead atoms. The third-order valence-electron chi connectivity index (χ3n) is 1.56. The summed E-state index contributed by atoms with van der Waals surface area (Å²) in [5.41, 5.74) is 0. The van der Waals surface area contributed by atoms with Gasteiger partial charge in [0.1, 0.15) is 0 Å². The zero-order valence-corrected chi connectivity index (χ0v) is 10.9. The second-order valence-electron chi connectivity index (χ2n) is 4.55. The maximum absolute atomic E-state index is 12.2. The minimum atomic E-state index is -0.194. The van der Waals surface area contributed by atoms with Crippen LogP contribution >= 0.6 is 21.6 Å². The molecule has 0 aliphatic rings. The van der Waals surface area contributed by atoms with Gasteiger partial charge in [-0.3, -0.25) is 4.39 Å². The molecule has 0 N–H and O–H groups in total. The van der Waals surface area contributed by atoms with Crippen molar-refractivity contribution in [3.63, 3.8) is 0 Å². The SMILES string of the molecule is CC(C)[C@H](CCF)SSC(C)(C)C. The summed E-state index contributed by atoms with van der Waals surface area (Å²) in [5, 5.41) is 0.453. The molecule has 0 aromatic carbocycles. The summed E-state index contributed by atoms with van der Waals surface area (Å²) in [6, 6.07) is 0. The lowest BCUT2D eigenvalue weighted by Gasteiger charge is -2.23. The number of hydrogen-bond donors (Lipinski definition) is 0. The molecule has 0 saturated heterocycles. The Labute approximate surface area is 89.8 Å². The maximum atomic E-state index is 12.2. The van der Waals surface area contributed by atoms with Gasteiger partial charge in [0, 0.05) is 10.00 Å². The zero-order chi connectivity index (χ0) is 10.5. The molecule has 0 unspecified atom stereocenters. The van der Waals surface area contributed by atoms with Crippen LogP contribution in [0, 0.1) is 5.92 Å². The molecule has 0 aliphatic carbocycles. The molecule has 0 radical (unpaired) electrons. The number of alkyl halides is 1. The molecule has 13 heavy (non-hydrogen) atoms. The van der Waals surface area contributed by atoms with Gasteiger partial charge in [-0.05, 0) is 12.3 Å². The van der Waals surface area contributed by atoms with Crippen LogP contribution < -0.4 is 0 Å². The monoisotopic (exact) mass is 224 g/mol. The van der Waals surface area contributed by atoms with E-state index in [-0.39, 0.29) is 11.4 Å². The van der Waals surface area contributed by atoms with E-state index in [4.69, 9.17) is 0 Å². The quantitative estimate of drug-likeness (QED) is 0.628. The van der Waals surface area contributed by atoms with Crippen LogP contribution in [0.3, 0.4) is 0 Å². The van der Waals surface area contributed by atoms with Gasteiger partial charge in [0.05, 0.1) is 6.67 Å². The second-order valence-corrected chi connectivity index (χ2v) is 7.82. The van der Waals surface area contributed by atoms with Crippen LogP contribution in [0.4, 0.5) is 4.39 Å². The molecule has 0 saturated carbocycles. The predicted octanol–water partition coefficient (Wildman–Crippen LogP) is 4.55. The van der Waals surface area contributed by atoms with Gasteiger partial charge in [0.2, 0.25) is 0 Å². The second kappa shape index (κ2) is 6.18. The molecule has 0 fully saturated rings. The van der Waals surface area contributed by atoms with Crippen molar-refractivity contribution in [2.24, 2.45) is 5.92 Å². The van der Waals surface area contributed by atoms with E-state index in [2.05, 4.69) is 34.6 Å². The Kier molecular flexibility index (Phi) is 6.48. The van der Waals surface area contributed by atoms with Gasteiger partial charge < -0.3 is 0 Å².